The van der Waals surface area contributed by atoms with E-state index in [-0.39, 0.29) is 11.4 Å². The average Bonchev–Trinajstić information content (AvgIpc) is 2.89. The van der Waals surface area contributed by atoms with Crippen LogP contribution < -0.4 is 10.5 Å². The smallest absolute Gasteiger partial charge is 0.258 e. The van der Waals surface area contributed by atoms with Crippen LogP contribution in [0.25, 0.3) is 10.9 Å². The van der Waals surface area contributed by atoms with Crippen LogP contribution in [0.2, 0.25) is 0 Å². The Morgan fingerprint density at radius 1 is 0.971 bits per heavy atom. The summed E-state index contributed by atoms with van der Waals surface area (Å²) in [6.45, 7) is 3.34. The molecule has 2 heterocycles. The SMILES string of the molecule is O=c1[nH]c(Cc2ccccc2)nc2ccc(CSC(=S)N3CCN(c4ccc(F)cc4)CC3)cc12. The molecule has 1 aromatic heterocycles. The van der Waals surface area contributed by atoms with Crippen LogP contribution in [-0.4, -0.2) is 45.4 Å². The molecule has 0 unspecified atom stereocenters. The molecule has 4 aromatic rings. The van der Waals surface area contributed by atoms with Gasteiger partial charge in [0, 0.05) is 44.0 Å². The van der Waals surface area contributed by atoms with Gasteiger partial charge in [-0.1, -0.05) is 60.4 Å². The van der Waals surface area contributed by atoms with Crippen LogP contribution in [0.4, 0.5) is 10.1 Å². The number of nitrogens with one attached hydrogen (secondary N) is 1. The molecule has 8 heteroatoms. The average molecular weight is 505 g/mol. The second-order valence-corrected chi connectivity index (χ2v) is 10.1. The van der Waals surface area contributed by atoms with Gasteiger partial charge in [-0.15, -0.1) is 0 Å². The maximum Gasteiger partial charge on any atom is 0.258 e. The lowest BCUT2D eigenvalue weighted by Crippen LogP contribution is -2.47. The molecule has 1 fully saturated rings. The van der Waals surface area contributed by atoms with E-state index in [1.807, 2.05) is 60.7 Å². The highest BCUT2D eigenvalue weighted by Gasteiger charge is 2.19. The predicted octanol–water partition coefficient (Wildman–Crippen LogP) is 4.99. The maximum atomic E-state index is 13.2. The van der Waals surface area contributed by atoms with Gasteiger partial charge in [-0.25, -0.2) is 9.37 Å². The normalized spacial score (nSPS) is 13.9. The van der Waals surface area contributed by atoms with Crippen molar-refractivity contribution in [1.82, 2.24) is 14.9 Å². The van der Waals surface area contributed by atoms with Crippen molar-refractivity contribution >= 4 is 44.9 Å². The van der Waals surface area contributed by atoms with Gasteiger partial charge in [0.1, 0.15) is 16.0 Å². The Morgan fingerprint density at radius 2 is 1.71 bits per heavy atom. The second kappa shape index (κ2) is 10.6. The molecular weight excluding hydrogens is 479 g/mol. The van der Waals surface area contributed by atoms with Gasteiger partial charge in [0.25, 0.3) is 5.56 Å². The third kappa shape index (κ3) is 5.71. The van der Waals surface area contributed by atoms with Crippen LogP contribution in [0.5, 0.6) is 0 Å². The number of halogens is 1. The van der Waals surface area contributed by atoms with Crippen LogP contribution in [0.15, 0.2) is 77.6 Å². The monoisotopic (exact) mass is 504 g/mol. The lowest BCUT2D eigenvalue weighted by molar-refractivity contribution is 0.397. The fourth-order valence-corrected chi connectivity index (χ4v) is 5.43. The van der Waals surface area contributed by atoms with E-state index in [0.717, 1.165) is 47.3 Å². The Morgan fingerprint density at radius 3 is 2.46 bits per heavy atom. The van der Waals surface area contributed by atoms with E-state index >= 15 is 0 Å². The van der Waals surface area contributed by atoms with Crippen LogP contribution in [-0.2, 0) is 12.2 Å². The minimum Gasteiger partial charge on any atom is -0.368 e. The molecule has 0 aliphatic carbocycles. The molecular formula is C27H25FN4OS2. The topological polar surface area (TPSA) is 52.2 Å². The first-order valence-electron chi connectivity index (χ1n) is 11.5. The number of rotatable bonds is 5. The predicted molar refractivity (Wildman–Crippen MR) is 146 cm³/mol. The number of aromatic nitrogens is 2. The fraction of sp³-hybridized carbons (Fsp3) is 0.222. The van der Waals surface area contributed by atoms with Gasteiger partial charge in [-0.05, 0) is 47.5 Å². The summed E-state index contributed by atoms with van der Waals surface area (Å²) in [6, 6.07) is 22.5. The number of nitrogens with zero attached hydrogens (tertiary/aromatic N) is 3. The molecule has 1 N–H and O–H groups in total. The second-order valence-electron chi connectivity index (χ2n) is 8.53. The summed E-state index contributed by atoms with van der Waals surface area (Å²) in [4.78, 5) is 24.8. The zero-order chi connectivity index (χ0) is 24.2. The zero-order valence-corrected chi connectivity index (χ0v) is 20.7. The van der Waals surface area contributed by atoms with E-state index in [4.69, 9.17) is 12.2 Å². The van der Waals surface area contributed by atoms with Gasteiger partial charge < -0.3 is 14.8 Å². The number of H-pyrrole nitrogens is 1. The van der Waals surface area contributed by atoms with Crippen LogP contribution in [0.1, 0.15) is 17.0 Å². The van der Waals surface area contributed by atoms with E-state index < -0.39 is 0 Å². The van der Waals surface area contributed by atoms with Crippen molar-refractivity contribution in [3.8, 4) is 0 Å². The Labute approximate surface area is 213 Å². The van der Waals surface area contributed by atoms with E-state index in [1.165, 1.54) is 12.1 Å². The number of hydrogen-bond acceptors (Lipinski definition) is 5. The Kier molecular flexibility index (Phi) is 7.11. The minimum atomic E-state index is -0.218. The van der Waals surface area contributed by atoms with Gasteiger partial charge in [-0.2, -0.15) is 0 Å². The molecule has 1 saturated heterocycles. The molecule has 0 atom stereocenters. The molecule has 0 bridgehead atoms. The lowest BCUT2D eigenvalue weighted by Gasteiger charge is -2.37. The van der Waals surface area contributed by atoms with Gasteiger partial charge in [0.15, 0.2) is 0 Å². The zero-order valence-electron chi connectivity index (χ0n) is 19.1. The number of aromatic amines is 1. The first-order valence-corrected chi connectivity index (χ1v) is 12.9. The molecule has 1 aliphatic heterocycles. The number of hydrogen-bond donors (Lipinski definition) is 1. The summed E-state index contributed by atoms with van der Waals surface area (Å²) in [7, 11) is 0. The van der Waals surface area contributed by atoms with Gasteiger partial charge in [0.2, 0.25) is 0 Å². The summed E-state index contributed by atoms with van der Waals surface area (Å²) in [5.74, 6) is 1.14. The first-order chi connectivity index (χ1) is 17.0. The van der Waals surface area contributed by atoms with Crippen molar-refractivity contribution < 1.29 is 4.39 Å². The molecule has 5 rings (SSSR count). The summed E-state index contributed by atoms with van der Waals surface area (Å²) in [6.07, 6.45) is 0.590. The molecule has 0 spiro atoms. The standard InChI is InChI=1S/C27H25FN4OS2/c28-21-7-9-22(10-8-21)31-12-14-32(15-13-31)27(34)35-18-20-6-11-24-23(16-20)26(33)30-25(29-24)17-19-4-2-1-3-5-19/h1-11,16H,12-15,17-18H2,(H,29,30,33). The van der Waals surface area contributed by atoms with Crippen molar-refractivity contribution in [3.05, 3.63) is 106 Å². The molecule has 35 heavy (non-hydrogen) atoms. The number of piperazine rings is 1. The number of benzene rings is 3. The van der Waals surface area contributed by atoms with Crippen LogP contribution >= 0.6 is 24.0 Å². The molecule has 5 nitrogen and oxygen atoms in total. The van der Waals surface area contributed by atoms with Crippen molar-refractivity contribution in [3.63, 3.8) is 0 Å². The Hall–Kier alpha value is -3.23. The molecule has 0 amide bonds. The van der Waals surface area contributed by atoms with Gasteiger partial charge >= 0.3 is 0 Å². The maximum absolute atomic E-state index is 13.2. The van der Waals surface area contributed by atoms with E-state index in [9.17, 15) is 9.18 Å². The van der Waals surface area contributed by atoms with Gasteiger partial charge in [0.05, 0.1) is 10.9 Å². The third-order valence-electron chi connectivity index (χ3n) is 6.13. The number of anilines is 1. The quantitative estimate of drug-likeness (QED) is 0.387. The molecule has 0 saturated carbocycles. The van der Waals surface area contributed by atoms with Crippen molar-refractivity contribution in [1.29, 1.82) is 0 Å². The Bertz CT molecular complexity index is 1380. The molecule has 1 aliphatic rings. The lowest BCUT2D eigenvalue weighted by atomic mass is 10.1. The van der Waals surface area contributed by atoms with E-state index in [2.05, 4.69) is 19.8 Å². The first kappa shape index (κ1) is 23.5. The van der Waals surface area contributed by atoms with Crippen LogP contribution in [0, 0.1) is 5.82 Å². The van der Waals surface area contributed by atoms with Crippen molar-refractivity contribution in [2.45, 2.75) is 12.2 Å². The Balaban J connectivity index is 1.18. The van der Waals surface area contributed by atoms with E-state index in [0.29, 0.717) is 28.9 Å². The molecule has 0 radical (unpaired) electrons. The summed E-state index contributed by atoms with van der Waals surface area (Å²) in [5.41, 5.74) is 3.76. The highest BCUT2D eigenvalue weighted by Crippen LogP contribution is 2.22. The highest BCUT2D eigenvalue weighted by molar-refractivity contribution is 8.22. The largest absolute Gasteiger partial charge is 0.368 e. The minimum absolute atomic E-state index is 0.118. The fourth-order valence-electron chi connectivity index (χ4n) is 4.23. The third-order valence-corrected chi connectivity index (χ3v) is 7.72. The summed E-state index contributed by atoms with van der Waals surface area (Å²) in [5, 5.41) is 0.596. The molecule has 3 aromatic carbocycles. The highest BCUT2D eigenvalue weighted by atomic mass is 32.2. The van der Waals surface area contributed by atoms with Crippen molar-refractivity contribution in [2.75, 3.05) is 31.1 Å². The van der Waals surface area contributed by atoms with Crippen LogP contribution in [0.3, 0.4) is 0 Å². The number of thiocarbonyl (C=S) groups is 1. The summed E-state index contributed by atoms with van der Waals surface area (Å²) < 4.78 is 14.0. The van der Waals surface area contributed by atoms with Crippen molar-refractivity contribution in [2.24, 2.45) is 0 Å². The number of thioether (sulfide) groups is 1. The van der Waals surface area contributed by atoms with Gasteiger partial charge in [-0.3, -0.25) is 4.79 Å². The number of fused-ring (bicyclic) bond motifs is 1. The molecule has 178 valence electrons. The van der Waals surface area contributed by atoms with E-state index in [1.54, 1.807) is 11.8 Å². The summed E-state index contributed by atoms with van der Waals surface area (Å²) >= 11 is 7.30.